The molecule has 0 saturated carbocycles. The molecule has 4 atom stereocenters. The van der Waals surface area contributed by atoms with Crippen LogP contribution >= 0.6 is 0 Å². The molecule has 1 aromatic carbocycles. The Labute approximate surface area is 203 Å². The van der Waals surface area contributed by atoms with E-state index in [2.05, 4.69) is 30.5 Å². The lowest BCUT2D eigenvalue weighted by Gasteiger charge is -2.37. The number of nitrogens with zero attached hydrogens (tertiary/aromatic N) is 1. The minimum absolute atomic E-state index is 0.109. The minimum Gasteiger partial charge on any atom is -0.458 e. The Hall–Kier alpha value is -3.04. The first-order valence-corrected chi connectivity index (χ1v) is 12.4. The molecule has 0 fully saturated rings. The summed E-state index contributed by atoms with van der Waals surface area (Å²) >= 11 is 0. The van der Waals surface area contributed by atoms with Crippen LogP contribution in [0.15, 0.2) is 23.0 Å². The van der Waals surface area contributed by atoms with Gasteiger partial charge in [-0.2, -0.15) is 0 Å². The van der Waals surface area contributed by atoms with Crippen LogP contribution in [0.5, 0.6) is 11.5 Å². The van der Waals surface area contributed by atoms with E-state index in [9.17, 15) is 14.7 Å². The third kappa shape index (κ3) is 3.28. The van der Waals surface area contributed by atoms with E-state index in [-0.39, 0.29) is 43.3 Å². The average molecular weight is 482 g/mol. The fraction of sp³-hybridized carbons (Fsp3) is 0.538. The molecule has 35 heavy (non-hydrogen) atoms. The Bertz CT molecular complexity index is 1270. The first-order chi connectivity index (χ1) is 16.8. The number of fused-ring (bicyclic) bond motifs is 6. The number of pyridine rings is 1. The average Bonchev–Trinajstić information content (AvgIpc) is 3.44. The minimum atomic E-state index is -1.81. The van der Waals surface area contributed by atoms with E-state index in [0.717, 1.165) is 35.7 Å². The van der Waals surface area contributed by atoms with Crippen molar-refractivity contribution in [3.05, 3.63) is 50.9 Å². The van der Waals surface area contributed by atoms with Gasteiger partial charge in [-0.1, -0.05) is 20.8 Å². The Morgan fingerprint density at radius 3 is 2.71 bits per heavy atom. The summed E-state index contributed by atoms with van der Waals surface area (Å²) in [6.45, 7) is 7.48. The number of aromatic nitrogens is 1. The number of aliphatic hydroxyl groups is 1. The van der Waals surface area contributed by atoms with Crippen LogP contribution in [-0.4, -0.2) is 35.0 Å². The van der Waals surface area contributed by atoms with E-state index in [1.54, 1.807) is 11.5 Å². The molecule has 4 aliphatic rings. The molecule has 0 bridgehead atoms. The smallest absolute Gasteiger partial charge is 0.343 e. The molecule has 9 heteroatoms. The van der Waals surface area contributed by atoms with Crippen LogP contribution in [0.1, 0.15) is 68.0 Å². The lowest BCUT2D eigenvalue weighted by Crippen LogP contribution is -2.44. The Balaban J connectivity index is 1.45. The van der Waals surface area contributed by atoms with Gasteiger partial charge in [0, 0.05) is 41.5 Å². The van der Waals surface area contributed by atoms with Gasteiger partial charge in [0.15, 0.2) is 17.1 Å². The fourth-order valence-electron chi connectivity index (χ4n) is 6.13. The van der Waals surface area contributed by atoms with E-state index >= 15 is 0 Å². The van der Waals surface area contributed by atoms with Crippen LogP contribution in [0.4, 0.5) is 5.69 Å². The Kier molecular flexibility index (Phi) is 5.12. The summed E-state index contributed by atoms with van der Waals surface area (Å²) < 4.78 is 18.3. The van der Waals surface area contributed by atoms with Crippen molar-refractivity contribution >= 4 is 11.7 Å². The van der Waals surface area contributed by atoms with Crippen molar-refractivity contribution in [3.8, 4) is 11.5 Å². The van der Waals surface area contributed by atoms with Crippen molar-refractivity contribution in [2.24, 2.45) is 5.92 Å². The molecular weight excluding hydrogens is 450 g/mol. The van der Waals surface area contributed by atoms with Crippen LogP contribution in [0.2, 0.25) is 0 Å². The third-order valence-electron chi connectivity index (χ3n) is 8.00. The molecule has 0 aliphatic carbocycles. The molecule has 9 nitrogen and oxygen atoms in total. The van der Waals surface area contributed by atoms with Gasteiger partial charge in [-0.3, -0.25) is 4.79 Å². The number of carbonyl (C=O) groups is 1. The second kappa shape index (κ2) is 7.99. The molecule has 6 rings (SSSR count). The zero-order chi connectivity index (χ0) is 24.5. The molecule has 3 unspecified atom stereocenters. The van der Waals surface area contributed by atoms with E-state index in [1.165, 1.54) is 0 Å². The maximum absolute atomic E-state index is 13.6. The first-order valence-electron chi connectivity index (χ1n) is 12.4. The van der Waals surface area contributed by atoms with Gasteiger partial charge >= 0.3 is 5.97 Å². The Morgan fingerprint density at radius 1 is 1.20 bits per heavy atom. The number of nitrogens with one attached hydrogen (secondary N) is 2. The molecule has 3 N–H and O–H groups in total. The Morgan fingerprint density at radius 2 is 1.97 bits per heavy atom. The highest BCUT2D eigenvalue weighted by Crippen LogP contribution is 2.53. The lowest BCUT2D eigenvalue weighted by molar-refractivity contribution is -0.172. The highest BCUT2D eigenvalue weighted by molar-refractivity contribution is 5.83. The third-order valence-corrected chi connectivity index (χ3v) is 8.00. The number of carbonyl (C=O) groups excluding carboxylic acids is 1. The largest absolute Gasteiger partial charge is 0.458 e. The van der Waals surface area contributed by atoms with E-state index in [1.807, 2.05) is 12.1 Å². The number of anilines is 1. The number of hydrogen-bond donors (Lipinski definition) is 3. The molecule has 0 radical (unpaired) electrons. The number of hydrogen-bond acceptors (Lipinski definition) is 8. The normalized spacial score (nSPS) is 27.6. The summed E-state index contributed by atoms with van der Waals surface area (Å²) in [5.74, 6) is 1.06. The van der Waals surface area contributed by atoms with Crippen LogP contribution < -0.4 is 25.7 Å². The quantitative estimate of drug-likeness (QED) is 0.559. The summed E-state index contributed by atoms with van der Waals surface area (Å²) in [6, 6.07) is 6.14. The fourth-order valence-corrected chi connectivity index (χ4v) is 6.13. The monoisotopic (exact) mass is 481 g/mol. The summed E-state index contributed by atoms with van der Waals surface area (Å²) in [5, 5.41) is 18.3. The number of ether oxygens (including phenoxy) is 3. The topological polar surface area (TPSA) is 111 Å². The SMILES string of the molecule is CC[C@@]1(O)C(=O)OCc2c1cc1n(c2=O)CC2C(CCNC(C)C)c3cc4c(cc3NC12)OCO4. The van der Waals surface area contributed by atoms with Gasteiger partial charge in [0.05, 0.1) is 11.6 Å². The van der Waals surface area contributed by atoms with Gasteiger partial charge in [0.1, 0.15) is 6.61 Å². The van der Waals surface area contributed by atoms with E-state index in [4.69, 9.17) is 14.2 Å². The predicted octanol–water partition coefficient (Wildman–Crippen LogP) is 2.50. The lowest BCUT2D eigenvalue weighted by atomic mass is 9.75. The molecule has 4 aliphatic heterocycles. The van der Waals surface area contributed by atoms with Crippen molar-refractivity contribution in [3.63, 3.8) is 0 Å². The van der Waals surface area contributed by atoms with Gasteiger partial charge in [-0.05, 0) is 43.0 Å². The van der Waals surface area contributed by atoms with Gasteiger partial charge in [0.2, 0.25) is 6.79 Å². The zero-order valence-corrected chi connectivity index (χ0v) is 20.2. The molecule has 2 aromatic rings. The van der Waals surface area contributed by atoms with Crippen molar-refractivity contribution in [2.75, 3.05) is 18.7 Å². The molecule has 5 heterocycles. The summed E-state index contributed by atoms with van der Waals surface area (Å²) in [5.41, 5.74) is 1.68. The van der Waals surface area contributed by atoms with Crippen molar-refractivity contribution in [1.82, 2.24) is 9.88 Å². The standard InChI is InChI=1S/C26H31N3O6/c1-4-26(32)18-8-20-23-16(10-29(20)24(30)17(18)11-33-25(26)31)14(5-6-27-13(2)3)15-7-21-22(35-12-34-21)9-19(15)28-23/h7-9,13-14,16,23,27-28,32H,4-6,10-12H2,1-3H3/t14?,16?,23?,26-/m0/s1. The molecule has 0 saturated heterocycles. The van der Waals surface area contributed by atoms with Gasteiger partial charge in [0.25, 0.3) is 5.56 Å². The second-order valence-electron chi connectivity index (χ2n) is 10.2. The van der Waals surface area contributed by atoms with Crippen molar-refractivity contribution < 1.29 is 24.1 Å². The number of cyclic esters (lactones) is 1. The molecule has 186 valence electrons. The molecule has 0 amide bonds. The van der Waals surface area contributed by atoms with Crippen LogP contribution in [-0.2, 0) is 28.3 Å². The second-order valence-corrected chi connectivity index (χ2v) is 10.2. The first kappa shape index (κ1) is 22.4. The van der Waals surface area contributed by atoms with E-state index < -0.39 is 11.6 Å². The summed E-state index contributed by atoms with van der Waals surface area (Å²) in [4.78, 5) is 26.1. The van der Waals surface area contributed by atoms with Crippen molar-refractivity contribution in [2.45, 2.75) is 70.4 Å². The summed E-state index contributed by atoms with van der Waals surface area (Å²) in [6.07, 6.45) is 1.04. The highest BCUT2D eigenvalue weighted by Gasteiger charge is 2.49. The van der Waals surface area contributed by atoms with Crippen LogP contribution in [0, 0.1) is 5.92 Å². The number of benzene rings is 1. The predicted molar refractivity (Wildman–Crippen MR) is 128 cm³/mol. The molecule has 1 aromatic heterocycles. The number of rotatable bonds is 5. The maximum Gasteiger partial charge on any atom is 0.343 e. The van der Waals surface area contributed by atoms with Gasteiger partial charge < -0.3 is 34.5 Å². The zero-order valence-electron chi connectivity index (χ0n) is 20.2. The van der Waals surface area contributed by atoms with E-state index in [0.29, 0.717) is 29.5 Å². The molecule has 0 spiro atoms. The maximum atomic E-state index is 13.6. The van der Waals surface area contributed by atoms with Crippen LogP contribution in [0.25, 0.3) is 0 Å². The van der Waals surface area contributed by atoms with Crippen LogP contribution in [0.3, 0.4) is 0 Å². The number of esters is 1. The van der Waals surface area contributed by atoms with Crippen molar-refractivity contribution in [1.29, 1.82) is 0 Å². The highest BCUT2D eigenvalue weighted by atomic mass is 16.7. The molecular formula is C26H31N3O6. The van der Waals surface area contributed by atoms with Gasteiger partial charge in [-0.15, -0.1) is 0 Å². The van der Waals surface area contributed by atoms with Gasteiger partial charge in [-0.25, -0.2) is 4.79 Å². The summed E-state index contributed by atoms with van der Waals surface area (Å²) in [7, 11) is 0.